The zero-order chi connectivity index (χ0) is 23.4. The van der Waals surface area contributed by atoms with Crippen LogP contribution in [0.2, 0.25) is 0 Å². The average Bonchev–Trinajstić information content (AvgIpc) is 2.74. The number of nitrogens with one attached hydrogen (secondary N) is 1. The van der Waals surface area contributed by atoms with Crippen molar-refractivity contribution in [2.75, 3.05) is 12.4 Å². The predicted molar refractivity (Wildman–Crippen MR) is 129 cm³/mol. The Kier molecular flexibility index (Phi) is 11.2. The molecule has 0 aliphatic carbocycles. The van der Waals surface area contributed by atoms with Crippen molar-refractivity contribution in [1.29, 1.82) is 0 Å². The van der Waals surface area contributed by atoms with Gasteiger partial charge in [0.25, 0.3) is 0 Å². The number of aliphatic hydroxyl groups excluding tert-OH is 1. The Hall–Kier alpha value is -2.99. The van der Waals surface area contributed by atoms with Crippen LogP contribution < -0.4 is 10.1 Å². The van der Waals surface area contributed by atoms with Gasteiger partial charge in [0, 0.05) is 23.2 Å². The van der Waals surface area contributed by atoms with Crippen molar-refractivity contribution >= 4 is 28.7 Å². The fourth-order valence-electron chi connectivity index (χ4n) is 3.04. The highest BCUT2D eigenvalue weighted by atomic mass is 16.5. The van der Waals surface area contributed by atoms with Gasteiger partial charge < -0.3 is 15.2 Å². The number of nitrogens with zero attached hydrogens (tertiary/aromatic N) is 2. The Bertz CT molecular complexity index is 948. The second kappa shape index (κ2) is 13.3. The SMILES string of the molecule is C=C(/C=C(C)\C(=C/C)c1cc2cnc(NC=O)cc2nc1OC)C(O)CCC.CCC. The van der Waals surface area contributed by atoms with Crippen LogP contribution in [0.25, 0.3) is 16.5 Å². The molecule has 1 atom stereocenters. The number of aliphatic hydroxyl groups is 1. The van der Waals surface area contributed by atoms with E-state index in [0.29, 0.717) is 35.6 Å². The van der Waals surface area contributed by atoms with E-state index in [1.54, 1.807) is 19.4 Å². The van der Waals surface area contributed by atoms with Gasteiger partial charge in [-0.05, 0) is 43.1 Å². The fraction of sp³-hybridized carbons (Fsp3) is 0.400. The van der Waals surface area contributed by atoms with Gasteiger partial charge >= 0.3 is 0 Å². The highest BCUT2D eigenvalue weighted by molar-refractivity contribution is 5.90. The standard InChI is InChI=1S/C22H27N3O3.C3H8/c1-6-8-20(27)15(4)9-14(3)17(7-2)18-10-16-12-23-21(24-13-26)11-19(16)25-22(18)28-5;1-3-2/h7,9-13,20,27H,4,6,8H2,1-3,5H3,(H,23,24,26);3H2,1-2H3/b14-9-,17-7+;. The van der Waals surface area contributed by atoms with E-state index < -0.39 is 6.10 Å². The summed E-state index contributed by atoms with van der Waals surface area (Å²) in [4.78, 5) is 19.4. The zero-order valence-electron chi connectivity index (χ0n) is 19.5. The van der Waals surface area contributed by atoms with Crippen molar-refractivity contribution < 1.29 is 14.6 Å². The smallest absolute Gasteiger partial charge is 0.221 e. The topological polar surface area (TPSA) is 84.3 Å². The molecule has 2 aromatic heterocycles. The summed E-state index contributed by atoms with van der Waals surface area (Å²) in [6.45, 7) is 14.2. The van der Waals surface area contributed by atoms with Gasteiger partial charge in [-0.1, -0.05) is 52.3 Å². The lowest BCUT2D eigenvalue weighted by molar-refractivity contribution is -0.105. The first kappa shape index (κ1) is 26.0. The van der Waals surface area contributed by atoms with Crippen LogP contribution in [0.15, 0.2) is 48.2 Å². The number of carbonyl (C=O) groups excluding carboxylic acids is 1. The summed E-state index contributed by atoms with van der Waals surface area (Å²) in [5, 5.41) is 13.5. The monoisotopic (exact) mass is 425 g/mol. The number of carbonyl (C=O) groups is 1. The van der Waals surface area contributed by atoms with E-state index in [9.17, 15) is 9.90 Å². The third-order valence-corrected chi connectivity index (χ3v) is 4.46. The normalized spacial score (nSPS) is 12.6. The quantitative estimate of drug-likeness (QED) is 0.398. The van der Waals surface area contributed by atoms with Crippen LogP contribution in [0.5, 0.6) is 5.88 Å². The van der Waals surface area contributed by atoms with Gasteiger partial charge in [0.1, 0.15) is 5.82 Å². The number of hydrogen-bond donors (Lipinski definition) is 2. The van der Waals surface area contributed by atoms with E-state index in [0.717, 1.165) is 28.5 Å². The van der Waals surface area contributed by atoms with Crippen molar-refractivity contribution in [3.8, 4) is 5.88 Å². The van der Waals surface area contributed by atoms with Gasteiger partial charge in [-0.25, -0.2) is 9.97 Å². The largest absolute Gasteiger partial charge is 0.481 e. The summed E-state index contributed by atoms with van der Waals surface area (Å²) < 4.78 is 5.52. The molecular formula is C25H35N3O3. The van der Waals surface area contributed by atoms with E-state index in [4.69, 9.17) is 4.74 Å². The molecule has 2 N–H and O–H groups in total. The second-order valence-corrected chi connectivity index (χ2v) is 7.19. The van der Waals surface area contributed by atoms with Gasteiger partial charge in [0.15, 0.2) is 0 Å². The summed E-state index contributed by atoms with van der Waals surface area (Å²) in [5.41, 5.74) is 4.06. The highest BCUT2D eigenvalue weighted by Gasteiger charge is 2.15. The van der Waals surface area contributed by atoms with E-state index in [2.05, 4.69) is 35.7 Å². The third kappa shape index (κ3) is 7.33. The molecule has 0 bridgehead atoms. The molecule has 2 rings (SSSR count). The molecule has 0 saturated carbocycles. The number of fused-ring (bicyclic) bond motifs is 1. The Morgan fingerprint density at radius 3 is 2.55 bits per heavy atom. The Balaban J connectivity index is 0.00000151. The number of ether oxygens (including phenoxy) is 1. The van der Waals surface area contributed by atoms with Crippen molar-refractivity contribution in [3.63, 3.8) is 0 Å². The van der Waals surface area contributed by atoms with Crippen LogP contribution in [0.3, 0.4) is 0 Å². The molecule has 0 spiro atoms. The minimum Gasteiger partial charge on any atom is -0.481 e. The number of aromatic nitrogens is 2. The molecule has 1 unspecified atom stereocenters. The molecule has 0 saturated heterocycles. The Labute approximate surface area is 185 Å². The molecule has 1 amide bonds. The molecule has 0 aliphatic heterocycles. The van der Waals surface area contributed by atoms with E-state index in [-0.39, 0.29) is 0 Å². The van der Waals surface area contributed by atoms with E-state index in [1.165, 1.54) is 6.42 Å². The van der Waals surface area contributed by atoms with Crippen LogP contribution in [-0.2, 0) is 4.79 Å². The van der Waals surface area contributed by atoms with Crippen molar-refractivity contribution in [2.45, 2.75) is 60.0 Å². The maximum atomic E-state index is 10.6. The minimum atomic E-state index is -0.553. The van der Waals surface area contributed by atoms with Crippen LogP contribution in [-0.4, -0.2) is 34.7 Å². The van der Waals surface area contributed by atoms with Gasteiger partial charge in [-0.2, -0.15) is 0 Å². The predicted octanol–water partition coefficient (Wildman–Crippen LogP) is 5.69. The van der Waals surface area contributed by atoms with Crippen LogP contribution in [0, 0.1) is 0 Å². The number of anilines is 1. The third-order valence-electron chi connectivity index (χ3n) is 4.46. The lowest BCUT2D eigenvalue weighted by Crippen LogP contribution is -2.07. The Morgan fingerprint density at radius 1 is 1.32 bits per heavy atom. The van der Waals surface area contributed by atoms with Gasteiger partial charge in [0.2, 0.25) is 12.3 Å². The summed E-state index contributed by atoms with van der Waals surface area (Å²) in [5.74, 6) is 0.893. The first-order chi connectivity index (χ1) is 14.9. The second-order valence-electron chi connectivity index (χ2n) is 7.19. The zero-order valence-corrected chi connectivity index (χ0v) is 19.5. The first-order valence-electron chi connectivity index (χ1n) is 10.6. The van der Waals surface area contributed by atoms with Crippen LogP contribution in [0.1, 0.15) is 59.4 Å². The van der Waals surface area contributed by atoms with Crippen LogP contribution in [0.4, 0.5) is 5.82 Å². The van der Waals surface area contributed by atoms with E-state index in [1.807, 2.05) is 39.0 Å². The molecule has 6 nitrogen and oxygen atoms in total. The molecule has 31 heavy (non-hydrogen) atoms. The summed E-state index contributed by atoms with van der Waals surface area (Å²) in [7, 11) is 1.57. The minimum absolute atomic E-state index is 0.424. The molecule has 0 radical (unpaired) electrons. The highest BCUT2D eigenvalue weighted by Crippen LogP contribution is 2.33. The van der Waals surface area contributed by atoms with Gasteiger partial charge in [-0.15, -0.1) is 0 Å². The molecule has 2 heterocycles. The number of methoxy groups -OCH3 is 1. The van der Waals surface area contributed by atoms with Gasteiger partial charge in [0.05, 0.1) is 18.7 Å². The molecule has 2 aromatic rings. The summed E-state index contributed by atoms with van der Waals surface area (Å²) in [6, 6.07) is 3.65. The molecular weight excluding hydrogens is 390 g/mol. The lowest BCUT2D eigenvalue weighted by atomic mass is 9.95. The number of allylic oxidation sites excluding steroid dienone is 3. The fourth-order valence-corrected chi connectivity index (χ4v) is 3.04. The molecule has 6 heteroatoms. The first-order valence-corrected chi connectivity index (χ1v) is 10.6. The number of amides is 1. The summed E-state index contributed by atoms with van der Waals surface area (Å²) >= 11 is 0. The van der Waals surface area contributed by atoms with Crippen LogP contribution >= 0.6 is 0 Å². The summed E-state index contributed by atoms with van der Waals surface area (Å²) in [6.07, 6.45) is 8.37. The maximum absolute atomic E-state index is 10.6. The lowest BCUT2D eigenvalue weighted by Gasteiger charge is -2.15. The van der Waals surface area contributed by atoms with Crippen molar-refractivity contribution in [2.24, 2.45) is 0 Å². The van der Waals surface area contributed by atoms with E-state index >= 15 is 0 Å². The number of pyridine rings is 2. The van der Waals surface area contributed by atoms with Crippen molar-refractivity contribution in [1.82, 2.24) is 9.97 Å². The van der Waals surface area contributed by atoms with Gasteiger partial charge in [-0.3, -0.25) is 4.79 Å². The molecule has 0 aliphatic rings. The molecule has 168 valence electrons. The van der Waals surface area contributed by atoms with Crippen molar-refractivity contribution in [3.05, 3.63) is 53.8 Å². The molecule has 0 aromatic carbocycles. The number of hydrogen-bond acceptors (Lipinski definition) is 5. The molecule has 0 fully saturated rings. The Morgan fingerprint density at radius 2 is 2.00 bits per heavy atom. The number of rotatable bonds is 9. The maximum Gasteiger partial charge on any atom is 0.221 e. The average molecular weight is 426 g/mol.